The molecule has 0 aliphatic heterocycles. The van der Waals surface area contributed by atoms with Crippen molar-refractivity contribution in [1.82, 2.24) is 0 Å². The minimum absolute atomic E-state index is 0.0375. The van der Waals surface area contributed by atoms with Crippen molar-refractivity contribution in [3.63, 3.8) is 0 Å². The summed E-state index contributed by atoms with van der Waals surface area (Å²) in [7, 11) is 0. The number of Topliss-reactive ketones (excluding diaryl/α,β-unsaturated/α-hetero) is 1. The van der Waals surface area contributed by atoms with Crippen LogP contribution in [0.15, 0.2) is 28.1 Å². The summed E-state index contributed by atoms with van der Waals surface area (Å²) >= 11 is 7.30. The molecule has 0 unspecified atom stereocenters. The van der Waals surface area contributed by atoms with Gasteiger partial charge in [-0.05, 0) is 30.6 Å². The van der Waals surface area contributed by atoms with Crippen LogP contribution in [0.25, 0.3) is 0 Å². The highest BCUT2D eigenvalue weighted by molar-refractivity contribution is 7.99. The molecule has 130 valence electrons. The van der Waals surface area contributed by atoms with E-state index in [2.05, 4.69) is 19.0 Å². The summed E-state index contributed by atoms with van der Waals surface area (Å²) in [6, 6.07) is 0. The fraction of sp³-hybridized carbons (Fsp3) is 0.647. The molecule has 0 heterocycles. The SMILES string of the molecule is CCS[C@H](C)C[C@@H]1CC(=O)C(C(CC)=NOC/C=C/Cl)=C(O)C1. The van der Waals surface area contributed by atoms with Crippen molar-refractivity contribution in [2.24, 2.45) is 11.1 Å². The highest BCUT2D eigenvalue weighted by Gasteiger charge is 2.31. The third-order valence-electron chi connectivity index (χ3n) is 3.70. The molecule has 0 saturated carbocycles. The van der Waals surface area contributed by atoms with E-state index in [1.165, 1.54) is 5.54 Å². The number of oxime groups is 1. The van der Waals surface area contributed by atoms with Crippen molar-refractivity contribution in [2.75, 3.05) is 12.4 Å². The number of ketones is 1. The normalized spacial score (nSPS) is 21.1. The predicted octanol–water partition coefficient (Wildman–Crippen LogP) is 4.84. The highest BCUT2D eigenvalue weighted by Crippen LogP contribution is 2.32. The molecule has 1 rings (SSSR count). The van der Waals surface area contributed by atoms with Gasteiger partial charge in [0, 0.05) is 23.6 Å². The zero-order chi connectivity index (χ0) is 17.2. The molecule has 0 radical (unpaired) electrons. The number of aliphatic hydroxyl groups is 1. The molecule has 2 atom stereocenters. The average molecular weight is 360 g/mol. The number of carbonyl (C=O) groups excluding carboxylic acids is 1. The fourth-order valence-electron chi connectivity index (χ4n) is 2.77. The molecular weight excluding hydrogens is 334 g/mol. The Morgan fingerprint density at radius 1 is 1.52 bits per heavy atom. The van der Waals surface area contributed by atoms with Gasteiger partial charge >= 0.3 is 0 Å². The van der Waals surface area contributed by atoms with E-state index in [9.17, 15) is 9.90 Å². The van der Waals surface area contributed by atoms with Crippen molar-refractivity contribution in [1.29, 1.82) is 0 Å². The van der Waals surface area contributed by atoms with Gasteiger partial charge in [-0.15, -0.1) is 0 Å². The first-order valence-electron chi connectivity index (χ1n) is 8.04. The minimum atomic E-state index is -0.0375. The zero-order valence-corrected chi connectivity index (χ0v) is 15.6. The molecular formula is C17H26ClNO3S. The summed E-state index contributed by atoms with van der Waals surface area (Å²) in [5.41, 5.74) is 2.20. The van der Waals surface area contributed by atoms with Crippen molar-refractivity contribution in [3.05, 3.63) is 22.9 Å². The lowest BCUT2D eigenvalue weighted by molar-refractivity contribution is -0.116. The Morgan fingerprint density at radius 3 is 2.83 bits per heavy atom. The first-order valence-corrected chi connectivity index (χ1v) is 9.53. The van der Waals surface area contributed by atoms with Crippen molar-refractivity contribution >= 4 is 34.9 Å². The van der Waals surface area contributed by atoms with E-state index in [-0.39, 0.29) is 24.1 Å². The Labute approximate surface area is 148 Å². The van der Waals surface area contributed by atoms with Gasteiger partial charge in [-0.25, -0.2) is 0 Å². The summed E-state index contributed by atoms with van der Waals surface area (Å²) in [5.74, 6) is 1.38. The number of aliphatic hydroxyl groups excluding tert-OH is 1. The van der Waals surface area contributed by atoms with Gasteiger partial charge in [0.2, 0.25) is 0 Å². The van der Waals surface area contributed by atoms with Crippen LogP contribution >= 0.6 is 23.4 Å². The molecule has 0 amide bonds. The van der Waals surface area contributed by atoms with Crippen LogP contribution in [0.5, 0.6) is 0 Å². The lowest BCUT2D eigenvalue weighted by Gasteiger charge is -2.25. The van der Waals surface area contributed by atoms with Gasteiger partial charge in [-0.2, -0.15) is 11.8 Å². The second-order valence-electron chi connectivity index (χ2n) is 5.57. The smallest absolute Gasteiger partial charge is 0.168 e. The van der Waals surface area contributed by atoms with E-state index >= 15 is 0 Å². The highest BCUT2D eigenvalue weighted by atomic mass is 35.5. The quantitative estimate of drug-likeness (QED) is 0.363. The second kappa shape index (κ2) is 10.8. The number of allylic oxidation sites excluding steroid dienone is 2. The van der Waals surface area contributed by atoms with Gasteiger partial charge in [-0.3, -0.25) is 4.79 Å². The van der Waals surface area contributed by atoms with Gasteiger partial charge in [0.05, 0.1) is 11.3 Å². The van der Waals surface area contributed by atoms with Gasteiger partial charge < -0.3 is 9.94 Å². The monoisotopic (exact) mass is 359 g/mol. The van der Waals surface area contributed by atoms with Gasteiger partial charge in [-0.1, -0.05) is 37.5 Å². The van der Waals surface area contributed by atoms with E-state index in [0.29, 0.717) is 35.8 Å². The van der Waals surface area contributed by atoms with E-state index in [4.69, 9.17) is 16.4 Å². The molecule has 1 N–H and O–H groups in total. The largest absolute Gasteiger partial charge is 0.511 e. The Kier molecular flexibility index (Phi) is 9.41. The van der Waals surface area contributed by atoms with E-state index in [0.717, 1.165) is 12.2 Å². The number of carbonyl (C=O) groups is 1. The molecule has 0 aromatic carbocycles. The predicted molar refractivity (Wildman–Crippen MR) is 98.3 cm³/mol. The zero-order valence-electron chi connectivity index (χ0n) is 14.0. The first kappa shape index (κ1) is 20.1. The van der Waals surface area contributed by atoms with Crippen molar-refractivity contribution in [2.45, 2.75) is 51.7 Å². The van der Waals surface area contributed by atoms with Crippen LogP contribution < -0.4 is 0 Å². The summed E-state index contributed by atoms with van der Waals surface area (Å²) in [6.07, 6.45) is 4.09. The summed E-state index contributed by atoms with van der Waals surface area (Å²) in [5, 5.41) is 14.8. The van der Waals surface area contributed by atoms with Crippen molar-refractivity contribution in [3.8, 4) is 0 Å². The Balaban J connectivity index is 2.79. The minimum Gasteiger partial charge on any atom is -0.511 e. The molecule has 0 spiro atoms. The molecule has 0 aromatic heterocycles. The summed E-state index contributed by atoms with van der Waals surface area (Å²) < 4.78 is 0. The molecule has 6 heteroatoms. The molecule has 4 nitrogen and oxygen atoms in total. The molecule has 0 bridgehead atoms. The van der Waals surface area contributed by atoms with E-state index < -0.39 is 0 Å². The van der Waals surface area contributed by atoms with Crippen molar-refractivity contribution < 1.29 is 14.7 Å². The van der Waals surface area contributed by atoms with Crippen LogP contribution in [0, 0.1) is 5.92 Å². The van der Waals surface area contributed by atoms with Crippen LogP contribution in [0.1, 0.15) is 46.5 Å². The van der Waals surface area contributed by atoms with Gasteiger partial charge in [0.25, 0.3) is 0 Å². The van der Waals surface area contributed by atoms with Crippen LogP contribution in [0.4, 0.5) is 0 Å². The van der Waals surface area contributed by atoms with Crippen LogP contribution in [-0.2, 0) is 9.63 Å². The molecule has 0 fully saturated rings. The third-order valence-corrected chi connectivity index (χ3v) is 4.97. The number of halogens is 1. The number of thioether (sulfide) groups is 1. The van der Waals surface area contributed by atoms with Gasteiger partial charge in [0.15, 0.2) is 5.78 Å². The Bertz CT molecular complexity index is 488. The Morgan fingerprint density at radius 2 is 2.26 bits per heavy atom. The van der Waals surface area contributed by atoms with E-state index in [1.54, 1.807) is 6.08 Å². The lowest BCUT2D eigenvalue weighted by atomic mass is 9.82. The molecule has 1 aliphatic carbocycles. The number of hydrogen-bond donors (Lipinski definition) is 1. The van der Waals surface area contributed by atoms with Gasteiger partial charge in [0.1, 0.15) is 12.4 Å². The molecule has 0 saturated heterocycles. The van der Waals surface area contributed by atoms with Crippen LogP contribution in [0.3, 0.4) is 0 Å². The number of nitrogens with zero attached hydrogens (tertiary/aromatic N) is 1. The van der Waals surface area contributed by atoms with Crippen LogP contribution in [-0.4, -0.2) is 34.2 Å². The Hall–Kier alpha value is -0.940. The second-order valence-corrected chi connectivity index (χ2v) is 7.54. The topological polar surface area (TPSA) is 58.9 Å². The number of rotatable bonds is 9. The summed E-state index contributed by atoms with van der Waals surface area (Å²) in [4.78, 5) is 17.6. The maximum atomic E-state index is 12.4. The average Bonchev–Trinajstić information content (AvgIpc) is 2.49. The first-order chi connectivity index (χ1) is 11.0. The van der Waals surface area contributed by atoms with E-state index in [1.807, 2.05) is 18.7 Å². The fourth-order valence-corrected chi connectivity index (χ4v) is 3.82. The third kappa shape index (κ3) is 6.60. The maximum Gasteiger partial charge on any atom is 0.168 e. The molecule has 1 aliphatic rings. The molecule has 0 aromatic rings. The number of hydrogen-bond acceptors (Lipinski definition) is 5. The molecule has 23 heavy (non-hydrogen) atoms. The standard InChI is InChI=1S/C17H26ClNO3S/c1-4-14(19-22-8-6-7-18)17-15(20)10-13(11-16(17)21)9-12(3)23-5-2/h6-7,12-13,20H,4-5,8-11H2,1-3H3/b7-6+,19-14?/t12-,13+/m1/s1. The van der Waals surface area contributed by atoms with Crippen LogP contribution in [0.2, 0.25) is 0 Å². The lowest BCUT2D eigenvalue weighted by Crippen LogP contribution is -2.26. The maximum absolute atomic E-state index is 12.4. The summed E-state index contributed by atoms with van der Waals surface area (Å²) in [6.45, 7) is 6.43.